The van der Waals surface area contributed by atoms with Crippen molar-refractivity contribution in [2.45, 2.75) is 26.4 Å². The summed E-state index contributed by atoms with van der Waals surface area (Å²) in [5.74, 6) is -3.37. The number of hydrogen-bond donors (Lipinski definition) is 1. The van der Waals surface area contributed by atoms with Gasteiger partial charge in [-0.1, -0.05) is 35.9 Å². The lowest BCUT2D eigenvalue weighted by Crippen LogP contribution is -2.35. The summed E-state index contributed by atoms with van der Waals surface area (Å²) in [7, 11) is 0. The molecule has 0 fully saturated rings. The first-order valence-electron chi connectivity index (χ1n) is 8.96. The van der Waals surface area contributed by atoms with Gasteiger partial charge >= 0.3 is 0 Å². The van der Waals surface area contributed by atoms with Crippen LogP contribution in [-0.2, 0) is 19.5 Å². The molecule has 28 heavy (non-hydrogen) atoms. The number of H-pyrrole nitrogens is 1. The molecule has 0 bridgehead atoms. The summed E-state index contributed by atoms with van der Waals surface area (Å²) in [6.45, 7) is 2.91. The fraction of sp³-hybridized carbons (Fsp3) is 0.238. The molecule has 0 radical (unpaired) electrons. The minimum atomic E-state index is -1.47. The van der Waals surface area contributed by atoms with Crippen LogP contribution in [-0.4, -0.2) is 21.4 Å². The van der Waals surface area contributed by atoms with Gasteiger partial charge in [0.2, 0.25) is 0 Å². The predicted octanol–water partition coefficient (Wildman–Crippen LogP) is 3.72. The van der Waals surface area contributed by atoms with E-state index in [1.807, 2.05) is 36.1 Å². The van der Waals surface area contributed by atoms with Gasteiger partial charge in [-0.05, 0) is 19.4 Å². The quantitative estimate of drug-likeness (QED) is 0.699. The van der Waals surface area contributed by atoms with E-state index in [0.717, 1.165) is 17.2 Å². The monoisotopic (exact) mass is 385 g/mol. The van der Waals surface area contributed by atoms with Crippen molar-refractivity contribution < 1.29 is 13.2 Å². The highest BCUT2D eigenvalue weighted by molar-refractivity contribution is 5.55. The Balaban J connectivity index is 1.62. The summed E-state index contributed by atoms with van der Waals surface area (Å²) in [5.41, 5.74) is 3.02. The molecule has 2 heterocycles. The van der Waals surface area contributed by atoms with Crippen molar-refractivity contribution >= 4 is 0 Å². The molecule has 7 heteroatoms. The fourth-order valence-electron chi connectivity index (χ4n) is 3.41. The van der Waals surface area contributed by atoms with Crippen LogP contribution < -0.4 is 5.56 Å². The van der Waals surface area contributed by atoms with E-state index in [1.165, 1.54) is 6.07 Å². The van der Waals surface area contributed by atoms with E-state index < -0.39 is 17.5 Å². The van der Waals surface area contributed by atoms with Crippen LogP contribution in [0, 0.1) is 24.4 Å². The van der Waals surface area contributed by atoms with Gasteiger partial charge in [0.05, 0.1) is 5.69 Å². The largest absolute Gasteiger partial charge is 0.306 e. The summed E-state index contributed by atoms with van der Waals surface area (Å²) in [6.07, 6.45) is 0.455. The lowest BCUT2D eigenvalue weighted by molar-refractivity contribution is 0.236. The Hall–Kier alpha value is -2.93. The Bertz CT molecular complexity index is 1090. The third kappa shape index (κ3) is 3.45. The minimum Gasteiger partial charge on any atom is -0.306 e. The van der Waals surface area contributed by atoms with Crippen molar-refractivity contribution in [1.29, 1.82) is 0 Å². The van der Waals surface area contributed by atoms with Gasteiger partial charge < -0.3 is 4.98 Å². The zero-order valence-corrected chi connectivity index (χ0v) is 15.2. The van der Waals surface area contributed by atoms with Gasteiger partial charge in [-0.25, -0.2) is 18.2 Å². The molecule has 0 spiro atoms. The highest BCUT2D eigenvalue weighted by Crippen LogP contribution is 2.22. The van der Waals surface area contributed by atoms with Gasteiger partial charge in [0.1, 0.15) is 5.82 Å². The van der Waals surface area contributed by atoms with Crippen LogP contribution in [0.4, 0.5) is 13.2 Å². The smallest absolute Gasteiger partial charge is 0.254 e. The number of benzene rings is 2. The number of nitrogens with one attached hydrogen (secondary N) is 1. The standard InChI is InChI=1S/C21H18F3N3O/c1-12-2-4-13(5-3-12)20-25-17-11-27(9-8-15(17)21(28)26-20)10-14-6-7-16(22)19(24)18(14)23/h2-7H,8-11H2,1H3,(H,25,26,28). The molecule has 4 nitrogen and oxygen atoms in total. The summed E-state index contributed by atoms with van der Waals surface area (Å²) < 4.78 is 40.6. The van der Waals surface area contributed by atoms with Crippen molar-refractivity contribution in [3.05, 3.63) is 86.6 Å². The van der Waals surface area contributed by atoms with Gasteiger partial charge in [0.25, 0.3) is 5.56 Å². The molecule has 0 aliphatic carbocycles. The molecule has 1 aliphatic heterocycles. The third-order valence-electron chi connectivity index (χ3n) is 4.99. The number of fused-ring (bicyclic) bond motifs is 1. The van der Waals surface area contributed by atoms with E-state index in [-0.39, 0.29) is 17.7 Å². The maximum absolute atomic E-state index is 14.0. The number of aryl methyl sites for hydroxylation is 1. The number of halogens is 3. The molecule has 3 aromatic rings. The molecule has 4 rings (SSSR count). The Morgan fingerprint density at radius 3 is 2.57 bits per heavy atom. The number of hydrogen-bond acceptors (Lipinski definition) is 3. The number of nitrogens with zero attached hydrogens (tertiary/aromatic N) is 2. The van der Waals surface area contributed by atoms with Crippen LogP contribution in [0.15, 0.2) is 41.2 Å². The lowest BCUT2D eigenvalue weighted by atomic mass is 10.0. The van der Waals surface area contributed by atoms with E-state index in [4.69, 9.17) is 0 Å². The van der Waals surface area contributed by atoms with Crippen LogP contribution >= 0.6 is 0 Å². The van der Waals surface area contributed by atoms with Crippen LogP contribution in [0.25, 0.3) is 11.4 Å². The summed E-state index contributed by atoms with van der Waals surface area (Å²) in [4.78, 5) is 21.7. The van der Waals surface area contributed by atoms with E-state index in [2.05, 4.69) is 9.97 Å². The van der Waals surface area contributed by atoms with Crippen LogP contribution in [0.2, 0.25) is 0 Å². The maximum Gasteiger partial charge on any atom is 0.254 e. The molecular formula is C21H18F3N3O. The summed E-state index contributed by atoms with van der Waals surface area (Å²) in [5, 5.41) is 0. The maximum atomic E-state index is 14.0. The zero-order chi connectivity index (χ0) is 19.8. The van der Waals surface area contributed by atoms with Gasteiger partial charge in [-0.3, -0.25) is 9.69 Å². The Kier molecular flexibility index (Phi) is 4.77. The first kappa shape index (κ1) is 18.4. The van der Waals surface area contributed by atoms with Gasteiger partial charge in [0.15, 0.2) is 17.5 Å². The van der Waals surface area contributed by atoms with E-state index in [0.29, 0.717) is 36.6 Å². The molecule has 0 saturated carbocycles. The van der Waals surface area contributed by atoms with E-state index >= 15 is 0 Å². The lowest BCUT2D eigenvalue weighted by Gasteiger charge is -2.28. The second-order valence-electron chi connectivity index (χ2n) is 7.00. The molecule has 0 amide bonds. The van der Waals surface area contributed by atoms with Gasteiger partial charge in [0, 0.05) is 36.3 Å². The normalized spacial score (nSPS) is 14.1. The second kappa shape index (κ2) is 7.24. The first-order valence-corrected chi connectivity index (χ1v) is 8.96. The van der Waals surface area contributed by atoms with Crippen LogP contribution in [0.5, 0.6) is 0 Å². The average molecular weight is 385 g/mol. The molecule has 0 saturated heterocycles. The predicted molar refractivity (Wildman–Crippen MR) is 99.2 cm³/mol. The van der Waals surface area contributed by atoms with Crippen LogP contribution in [0.3, 0.4) is 0 Å². The van der Waals surface area contributed by atoms with Crippen LogP contribution in [0.1, 0.15) is 22.4 Å². The Labute approximate surface area is 159 Å². The number of aromatic nitrogens is 2. The Morgan fingerprint density at radius 2 is 1.82 bits per heavy atom. The highest BCUT2D eigenvalue weighted by atomic mass is 19.2. The minimum absolute atomic E-state index is 0.0750. The molecule has 1 N–H and O–H groups in total. The summed E-state index contributed by atoms with van der Waals surface area (Å²) >= 11 is 0. The topological polar surface area (TPSA) is 49.0 Å². The number of aromatic amines is 1. The molecule has 1 aromatic heterocycles. The SMILES string of the molecule is Cc1ccc(-c2nc3c(c(=O)[nH]2)CCN(Cc2ccc(F)c(F)c2F)C3)cc1. The molecule has 0 atom stereocenters. The molecule has 2 aromatic carbocycles. The van der Waals surface area contributed by atoms with E-state index in [1.54, 1.807) is 0 Å². The third-order valence-corrected chi connectivity index (χ3v) is 4.99. The van der Waals surface area contributed by atoms with Gasteiger partial charge in [-0.15, -0.1) is 0 Å². The van der Waals surface area contributed by atoms with E-state index in [9.17, 15) is 18.0 Å². The fourth-order valence-corrected chi connectivity index (χ4v) is 3.41. The zero-order valence-electron chi connectivity index (χ0n) is 15.2. The van der Waals surface area contributed by atoms with Crippen molar-refractivity contribution in [2.24, 2.45) is 0 Å². The Morgan fingerprint density at radius 1 is 1.07 bits per heavy atom. The molecule has 1 aliphatic rings. The molecule has 144 valence electrons. The molecule has 0 unspecified atom stereocenters. The van der Waals surface area contributed by atoms with Crippen molar-refractivity contribution in [1.82, 2.24) is 14.9 Å². The number of rotatable bonds is 3. The average Bonchev–Trinajstić information content (AvgIpc) is 2.69. The molecular weight excluding hydrogens is 367 g/mol. The highest BCUT2D eigenvalue weighted by Gasteiger charge is 2.23. The van der Waals surface area contributed by atoms with Gasteiger partial charge in [-0.2, -0.15) is 0 Å². The van der Waals surface area contributed by atoms with Crippen molar-refractivity contribution in [2.75, 3.05) is 6.54 Å². The summed E-state index contributed by atoms with van der Waals surface area (Å²) in [6, 6.07) is 9.81. The van der Waals surface area contributed by atoms with Crippen molar-refractivity contribution in [3.8, 4) is 11.4 Å². The second-order valence-corrected chi connectivity index (χ2v) is 7.00. The first-order chi connectivity index (χ1) is 13.4. The van der Waals surface area contributed by atoms with Crippen molar-refractivity contribution in [3.63, 3.8) is 0 Å².